The number of hydrogen-bond donors (Lipinski definition) is 6. The third-order valence-electron chi connectivity index (χ3n) is 5.59. The second kappa shape index (κ2) is 20.9. The van der Waals surface area contributed by atoms with E-state index in [9.17, 15) is 24.0 Å². The molecule has 15 heteroatoms. The van der Waals surface area contributed by atoms with Gasteiger partial charge >= 0.3 is 6.09 Å². The first-order chi connectivity index (χ1) is 20.8. The number of nitrogens with two attached hydrogens (primary N) is 1. The molecule has 0 aliphatic rings. The third kappa shape index (κ3) is 18.6. The molecule has 0 heterocycles. The summed E-state index contributed by atoms with van der Waals surface area (Å²) in [6.45, 7) is 7.64. The molecule has 5 amide bonds. The number of nitrogens with one attached hydrogen (secondary N) is 5. The summed E-state index contributed by atoms with van der Waals surface area (Å²) in [6, 6.07) is 5.64. The summed E-state index contributed by atoms with van der Waals surface area (Å²) >= 11 is 0. The van der Waals surface area contributed by atoms with Gasteiger partial charge in [-0.05, 0) is 58.2 Å². The number of ether oxygens (including phenoxy) is 4. The molecule has 44 heavy (non-hydrogen) atoms. The van der Waals surface area contributed by atoms with Gasteiger partial charge in [0.2, 0.25) is 17.7 Å². The molecule has 0 saturated heterocycles. The minimum absolute atomic E-state index is 0.0261. The predicted octanol–water partition coefficient (Wildman–Crippen LogP) is 0.175. The van der Waals surface area contributed by atoms with Gasteiger partial charge in [-0.3, -0.25) is 19.2 Å². The summed E-state index contributed by atoms with van der Waals surface area (Å²) in [5.74, 6) is -0.761. The first kappa shape index (κ1) is 38.1. The second-order valence-electron chi connectivity index (χ2n) is 10.7. The average Bonchev–Trinajstić information content (AvgIpc) is 2.95. The molecule has 2 atom stereocenters. The zero-order valence-corrected chi connectivity index (χ0v) is 26.3. The second-order valence-corrected chi connectivity index (χ2v) is 10.7. The van der Waals surface area contributed by atoms with E-state index in [4.69, 9.17) is 24.7 Å². The van der Waals surface area contributed by atoms with E-state index in [0.717, 1.165) is 0 Å². The van der Waals surface area contributed by atoms with Crippen LogP contribution in [0.3, 0.4) is 0 Å². The minimum atomic E-state index is -0.850. The van der Waals surface area contributed by atoms with Crippen molar-refractivity contribution in [3.63, 3.8) is 0 Å². The lowest BCUT2D eigenvalue weighted by atomic mass is 10.1. The molecule has 0 aliphatic heterocycles. The van der Waals surface area contributed by atoms with Gasteiger partial charge in [-0.1, -0.05) is 6.07 Å². The molecule has 1 rings (SSSR count). The maximum Gasteiger partial charge on any atom is 0.408 e. The molecular formula is C29H48N6O9. The van der Waals surface area contributed by atoms with Crippen molar-refractivity contribution in [1.29, 1.82) is 0 Å². The van der Waals surface area contributed by atoms with Crippen LogP contribution in [-0.2, 0) is 28.6 Å². The number of amides is 5. The van der Waals surface area contributed by atoms with Crippen LogP contribution in [0.2, 0.25) is 0 Å². The highest BCUT2D eigenvalue weighted by Crippen LogP contribution is 2.14. The van der Waals surface area contributed by atoms with E-state index in [-0.39, 0.29) is 57.2 Å². The summed E-state index contributed by atoms with van der Waals surface area (Å²) in [7, 11) is 1.52. The van der Waals surface area contributed by atoms with Crippen LogP contribution in [0.1, 0.15) is 57.3 Å². The van der Waals surface area contributed by atoms with Crippen molar-refractivity contribution in [2.24, 2.45) is 5.73 Å². The standard InChI is InChI=1S/C29H48N6O9/c1-20(36)32-12-7-6-11-23(35-28(40)44-29(2,3)4)27(39)34-14-13-33-26(38)21-9-8-10-22(17-21)43-18-24(30)42-16-15-41-19-25(37)31-5/h8-10,17,23-24H,6-7,11-16,18-19,30H2,1-5H3,(H,31,37)(H,32,36)(H,33,38)(H,34,39)(H,35,40). The van der Waals surface area contributed by atoms with Gasteiger partial charge in [0, 0.05) is 39.2 Å². The monoisotopic (exact) mass is 624 g/mol. The van der Waals surface area contributed by atoms with Crippen LogP contribution in [0.4, 0.5) is 4.79 Å². The molecule has 0 spiro atoms. The third-order valence-corrected chi connectivity index (χ3v) is 5.59. The number of rotatable bonds is 20. The van der Waals surface area contributed by atoms with Crippen molar-refractivity contribution in [2.75, 3.05) is 53.1 Å². The highest BCUT2D eigenvalue weighted by Gasteiger charge is 2.24. The van der Waals surface area contributed by atoms with Crippen molar-refractivity contribution >= 4 is 29.7 Å². The number of likely N-dealkylation sites (N-methyl/N-ethyl adjacent to an activating group) is 1. The van der Waals surface area contributed by atoms with Crippen molar-refractivity contribution in [1.82, 2.24) is 26.6 Å². The molecule has 0 saturated carbocycles. The number of unbranched alkanes of at least 4 members (excludes halogenated alkanes) is 1. The van der Waals surface area contributed by atoms with Gasteiger partial charge < -0.3 is 51.3 Å². The molecule has 0 radical (unpaired) electrons. The Bertz CT molecular complexity index is 1060. The van der Waals surface area contributed by atoms with E-state index in [1.165, 1.54) is 14.0 Å². The number of carbonyl (C=O) groups is 5. The molecule has 1 aromatic rings. The van der Waals surface area contributed by atoms with Crippen LogP contribution >= 0.6 is 0 Å². The predicted molar refractivity (Wildman–Crippen MR) is 162 cm³/mol. The quantitative estimate of drug-likeness (QED) is 0.0856. The molecular weight excluding hydrogens is 576 g/mol. The Morgan fingerprint density at radius 1 is 0.955 bits per heavy atom. The Labute approximate surface area is 258 Å². The SMILES string of the molecule is CNC(=O)COCCOC(N)COc1cccc(C(=O)NCCNC(=O)C(CCCCNC(C)=O)NC(=O)OC(C)(C)C)c1. The Hall–Kier alpha value is -3.95. The Kier molecular flexibility index (Phi) is 18.1. The van der Waals surface area contributed by atoms with Gasteiger partial charge in [0.25, 0.3) is 5.91 Å². The highest BCUT2D eigenvalue weighted by atomic mass is 16.6. The largest absolute Gasteiger partial charge is 0.489 e. The van der Waals surface area contributed by atoms with Crippen LogP contribution < -0.4 is 37.1 Å². The van der Waals surface area contributed by atoms with Crippen molar-refractivity contribution < 1.29 is 42.9 Å². The fourth-order valence-electron chi connectivity index (χ4n) is 3.49. The van der Waals surface area contributed by atoms with Crippen molar-refractivity contribution in [3.8, 4) is 5.75 Å². The van der Waals surface area contributed by atoms with Gasteiger partial charge in [0.15, 0.2) is 0 Å². The molecule has 248 valence electrons. The van der Waals surface area contributed by atoms with Crippen LogP contribution in [-0.4, -0.2) is 101 Å². The van der Waals surface area contributed by atoms with E-state index in [2.05, 4.69) is 26.6 Å². The lowest BCUT2D eigenvalue weighted by Gasteiger charge is -2.23. The number of hydrogen-bond acceptors (Lipinski definition) is 10. The van der Waals surface area contributed by atoms with E-state index in [1.807, 2.05) is 0 Å². The van der Waals surface area contributed by atoms with E-state index in [1.54, 1.807) is 45.0 Å². The first-order valence-corrected chi connectivity index (χ1v) is 14.5. The topological polar surface area (TPSA) is 208 Å². The molecule has 1 aromatic carbocycles. The van der Waals surface area contributed by atoms with Crippen molar-refractivity contribution in [2.45, 2.75) is 64.8 Å². The molecule has 0 aliphatic carbocycles. The smallest absolute Gasteiger partial charge is 0.408 e. The Morgan fingerprint density at radius 3 is 2.36 bits per heavy atom. The fourth-order valence-corrected chi connectivity index (χ4v) is 3.49. The maximum absolute atomic E-state index is 12.8. The molecule has 0 bridgehead atoms. The van der Waals surface area contributed by atoms with E-state index < -0.39 is 29.9 Å². The summed E-state index contributed by atoms with van der Waals surface area (Å²) in [6.07, 6.45) is 0.0875. The summed E-state index contributed by atoms with van der Waals surface area (Å²) < 4.78 is 21.4. The molecule has 7 N–H and O–H groups in total. The molecule has 0 aromatic heterocycles. The molecule has 2 unspecified atom stereocenters. The normalized spacial score (nSPS) is 12.3. The van der Waals surface area contributed by atoms with Gasteiger partial charge in [0.1, 0.15) is 36.8 Å². The van der Waals surface area contributed by atoms with Crippen LogP contribution in [0.25, 0.3) is 0 Å². The molecule has 15 nitrogen and oxygen atoms in total. The number of alkyl carbamates (subject to hydrolysis) is 1. The summed E-state index contributed by atoms with van der Waals surface area (Å²) in [5.41, 5.74) is 5.49. The van der Waals surface area contributed by atoms with Gasteiger partial charge in [-0.2, -0.15) is 0 Å². The maximum atomic E-state index is 12.8. The lowest BCUT2D eigenvalue weighted by Crippen LogP contribution is -2.49. The zero-order valence-electron chi connectivity index (χ0n) is 26.3. The van der Waals surface area contributed by atoms with Gasteiger partial charge in [0.05, 0.1) is 13.2 Å². The minimum Gasteiger partial charge on any atom is -0.489 e. The molecule has 0 fully saturated rings. The van der Waals surface area contributed by atoms with Gasteiger partial charge in [-0.25, -0.2) is 4.79 Å². The summed E-state index contributed by atoms with van der Waals surface area (Å²) in [5, 5.41) is 13.2. The van der Waals surface area contributed by atoms with Crippen LogP contribution in [0.15, 0.2) is 24.3 Å². The Balaban J connectivity index is 2.48. The highest BCUT2D eigenvalue weighted by molar-refractivity contribution is 5.94. The van der Waals surface area contributed by atoms with E-state index >= 15 is 0 Å². The zero-order chi connectivity index (χ0) is 33.0. The summed E-state index contributed by atoms with van der Waals surface area (Å²) in [4.78, 5) is 59.9. The van der Waals surface area contributed by atoms with Crippen LogP contribution in [0.5, 0.6) is 5.75 Å². The number of carbonyl (C=O) groups excluding carboxylic acids is 5. The van der Waals surface area contributed by atoms with Crippen molar-refractivity contribution in [3.05, 3.63) is 29.8 Å². The van der Waals surface area contributed by atoms with E-state index in [0.29, 0.717) is 37.1 Å². The van der Waals surface area contributed by atoms with Gasteiger partial charge in [-0.15, -0.1) is 0 Å². The Morgan fingerprint density at radius 2 is 1.68 bits per heavy atom. The first-order valence-electron chi connectivity index (χ1n) is 14.5. The fraction of sp³-hybridized carbons (Fsp3) is 0.621. The number of benzene rings is 1. The average molecular weight is 625 g/mol. The van der Waals surface area contributed by atoms with Crippen LogP contribution in [0, 0.1) is 0 Å². The lowest BCUT2D eigenvalue weighted by molar-refractivity contribution is -0.126.